The Kier molecular flexibility index (Phi) is 5.89. The predicted molar refractivity (Wildman–Crippen MR) is 76.9 cm³/mol. The molecule has 1 aromatic carbocycles. The molecule has 0 spiro atoms. The average Bonchev–Trinajstić information content (AvgIpc) is 2.25. The molecule has 0 N–H and O–H groups in total. The van der Waals surface area contributed by atoms with E-state index >= 15 is 0 Å². The maximum atomic E-state index is 5.20. The van der Waals surface area contributed by atoms with Crippen LogP contribution in [0.15, 0.2) is 30.3 Å². The smallest absolute Gasteiger partial charge is 0.0599 e. The third kappa shape index (κ3) is 6.61. The highest BCUT2D eigenvalue weighted by atomic mass is 28.3. The van der Waals surface area contributed by atoms with Crippen molar-refractivity contribution in [1.29, 1.82) is 0 Å². The highest BCUT2D eigenvalue weighted by Gasteiger charge is 2.18. The van der Waals surface area contributed by atoms with Gasteiger partial charge in [0.25, 0.3) is 0 Å². The highest BCUT2D eigenvalue weighted by Crippen LogP contribution is 2.09. The second-order valence-electron chi connectivity index (χ2n) is 5.75. The van der Waals surface area contributed by atoms with Crippen molar-refractivity contribution in [2.24, 2.45) is 0 Å². The third-order valence-electron chi connectivity index (χ3n) is 2.56. The van der Waals surface area contributed by atoms with Gasteiger partial charge in [0.1, 0.15) is 0 Å². The summed E-state index contributed by atoms with van der Waals surface area (Å²) in [5.41, 5.74) is 1.39. The maximum absolute atomic E-state index is 5.20. The first-order chi connectivity index (χ1) is 8.01. The van der Waals surface area contributed by atoms with E-state index in [2.05, 4.69) is 54.9 Å². The summed E-state index contributed by atoms with van der Waals surface area (Å²) in [7, 11) is 0.719. The fraction of sp³-hybridized carbons (Fsp3) is 0.571. The molecular weight excluding hydrogens is 226 g/mol. The largest absolute Gasteiger partial charge is 0.383 e. The summed E-state index contributed by atoms with van der Waals surface area (Å²) in [5.74, 6) is 0. The van der Waals surface area contributed by atoms with Crippen LogP contribution in [-0.2, 0) is 11.3 Å². The van der Waals surface area contributed by atoms with Crippen LogP contribution in [0.5, 0.6) is 0 Å². The van der Waals surface area contributed by atoms with Crippen LogP contribution in [0.1, 0.15) is 5.56 Å². The molecule has 3 heteroatoms. The number of benzene rings is 1. The van der Waals surface area contributed by atoms with Crippen LogP contribution in [0.4, 0.5) is 0 Å². The van der Waals surface area contributed by atoms with Gasteiger partial charge in [-0.05, 0) is 11.7 Å². The molecular formula is C14H25NOSi. The van der Waals surface area contributed by atoms with Crippen LogP contribution in [0.25, 0.3) is 0 Å². The summed E-state index contributed by atoms with van der Waals surface area (Å²) >= 11 is 0. The van der Waals surface area contributed by atoms with Crippen molar-refractivity contribution in [2.75, 3.05) is 26.4 Å². The molecule has 0 aliphatic carbocycles. The van der Waals surface area contributed by atoms with E-state index in [-0.39, 0.29) is 0 Å². The number of methoxy groups -OCH3 is 1. The molecule has 0 fully saturated rings. The predicted octanol–water partition coefficient (Wildman–Crippen LogP) is 3.01. The number of hydrogen-bond acceptors (Lipinski definition) is 2. The summed E-state index contributed by atoms with van der Waals surface area (Å²) < 4.78 is 5.20. The van der Waals surface area contributed by atoms with Gasteiger partial charge in [0.15, 0.2) is 0 Å². The molecule has 2 nitrogen and oxygen atoms in total. The summed E-state index contributed by atoms with van der Waals surface area (Å²) in [6.07, 6.45) is 1.23. The molecule has 0 heterocycles. The average molecular weight is 251 g/mol. The van der Waals surface area contributed by atoms with E-state index < -0.39 is 8.07 Å². The summed E-state index contributed by atoms with van der Waals surface area (Å²) in [5, 5.41) is 0. The molecule has 0 atom stereocenters. The molecule has 0 saturated heterocycles. The molecule has 17 heavy (non-hydrogen) atoms. The molecule has 0 aliphatic heterocycles. The van der Waals surface area contributed by atoms with Crippen molar-refractivity contribution >= 4 is 8.07 Å². The molecule has 0 aromatic heterocycles. The van der Waals surface area contributed by atoms with Crippen LogP contribution in [-0.4, -0.2) is 39.4 Å². The van der Waals surface area contributed by atoms with Gasteiger partial charge in [-0.15, -0.1) is 0 Å². The zero-order chi connectivity index (χ0) is 12.7. The van der Waals surface area contributed by atoms with Crippen LogP contribution in [0.3, 0.4) is 0 Å². The van der Waals surface area contributed by atoms with Crippen LogP contribution in [0.2, 0.25) is 19.6 Å². The van der Waals surface area contributed by atoms with Crippen molar-refractivity contribution in [3.05, 3.63) is 35.9 Å². The Bertz CT molecular complexity index is 308. The lowest BCUT2D eigenvalue weighted by Gasteiger charge is -2.28. The molecule has 1 rings (SSSR count). The van der Waals surface area contributed by atoms with Gasteiger partial charge < -0.3 is 4.74 Å². The zero-order valence-corrected chi connectivity index (χ0v) is 12.6. The monoisotopic (exact) mass is 251 g/mol. The van der Waals surface area contributed by atoms with Crippen molar-refractivity contribution in [1.82, 2.24) is 4.90 Å². The van der Waals surface area contributed by atoms with Crippen molar-refractivity contribution < 1.29 is 4.74 Å². The molecule has 0 unspecified atom stereocenters. The summed E-state index contributed by atoms with van der Waals surface area (Å²) in [4.78, 5) is 2.52. The first-order valence-corrected chi connectivity index (χ1v) is 9.97. The molecule has 96 valence electrons. The Morgan fingerprint density at radius 1 is 1.12 bits per heavy atom. The van der Waals surface area contributed by atoms with E-state index in [0.717, 1.165) is 19.7 Å². The van der Waals surface area contributed by atoms with Gasteiger partial charge in [-0.2, -0.15) is 0 Å². The van der Waals surface area contributed by atoms with Gasteiger partial charge in [0.05, 0.1) is 14.7 Å². The Morgan fingerprint density at radius 2 is 1.76 bits per heavy atom. The lowest BCUT2D eigenvalue weighted by Crippen LogP contribution is -2.41. The normalized spacial score (nSPS) is 12.1. The van der Waals surface area contributed by atoms with Crippen molar-refractivity contribution in [3.63, 3.8) is 0 Å². The molecule has 0 amide bonds. The topological polar surface area (TPSA) is 12.5 Å². The van der Waals surface area contributed by atoms with Crippen molar-refractivity contribution in [2.45, 2.75) is 26.2 Å². The van der Waals surface area contributed by atoms with E-state index in [0.29, 0.717) is 0 Å². The second kappa shape index (κ2) is 6.94. The van der Waals surface area contributed by atoms with E-state index in [4.69, 9.17) is 4.74 Å². The quantitative estimate of drug-likeness (QED) is 0.691. The minimum absolute atomic E-state index is 0.817. The minimum atomic E-state index is -1.05. The van der Waals surface area contributed by atoms with E-state index in [1.165, 1.54) is 11.7 Å². The Hall–Kier alpha value is -0.643. The van der Waals surface area contributed by atoms with Gasteiger partial charge in [-0.1, -0.05) is 50.0 Å². The van der Waals surface area contributed by atoms with Crippen LogP contribution >= 0.6 is 0 Å². The first-order valence-electron chi connectivity index (χ1n) is 6.26. The van der Waals surface area contributed by atoms with E-state index in [1.807, 2.05) is 0 Å². The lowest BCUT2D eigenvalue weighted by molar-refractivity contribution is 0.153. The second-order valence-corrected chi connectivity index (χ2v) is 11.2. The third-order valence-corrected chi connectivity index (χ3v) is 3.95. The van der Waals surface area contributed by atoms with E-state index in [9.17, 15) is 0 Å². The van der Waals surface area contributed by atoms with Gasteiger partial charge in [0, 0.05) is 20.2 Å². The van der Waals surface area contributed by atoms with Gasteiger partial charge in [-0.3, -0.25) is 4.90 Å². The van der Waals surface area contributed by atoms with Crippen LogP contribution in [0, 0.1) is 0 Å². The molecule has 0 aliphatic rings. The lowest BCUT2D eigenvalue weighted by atomic mass is 10.2. The van der Waals surface area contributed by atoms with Crippen LogP contribution < -0.4 is 0 Å². The van der Waals surface area contributed by atoms with Crippen molar-refractivity contribution in [3.8, 4) is 0 Å². The van der Waals surface area contributed by atoms with E-state index in [1.54, 1.807) is 7.11 Å². The zero-order valence-electron chi connectivity index (χ0n) is 11.6. The molecule has 0 radical (unpaired) electrons. The fourth-order valence-electron chi connectivity index (χ4n) is 1.95. The van der Waals surface area contributed by atoms with Gasteiger partial charge in [-0.25, -0.2) is 0 Å². The Labute approximate surface area is 107 Å². The summed E-state index contributed by atoms with van der Waals surface area (Å²) in [6, 6.07) is 10.7. The Morgan fingerprint density at radius 3 is 2.29 bits per heavy atom. The maximum Gasteiger partial charge on any atom is 0.0599 e. The summed E-state index contributed by atoms with van der Waals surface area (Å²) in [6.45, 7) is 10.1. The highest BCUT2D eigenvalue weighted by molar-refractivity contribution is 6.76. The standard InChI is InChI=1S/C14H25NOSi/c1-16-11-10-15(13-17(2,3)4)12-14-8-6-5-7-9-14/h5-9H,10-13H2,1-4H3. The molecule has 1 aromatic rings. The number of ether oxygens (including phenoxy) is 1. The number of nitrogens with zero attached hydrogens (tertiary/aromatic N) is 1. The fourth-order valence-corrected chi connectivity index (χ4v) is 3.56. The SMILES string of the molecule is COCCN(Cc1ccccc1)C[Si](C)(C)C. The number of rotatable bonds is 7. The Balaban J connectivity index is 2.57. The number of hydrogen-bond donors (Lipinski definition) is 0. The minimum Gasteiger partial charge on any atom is -0.383 e. The van der Waals surface area contributed by atoms with Gasteiger partial charge in [0.2, 0.25) is 0 Å². The molecule has 0 saturated carbocycles. The van der Waals surface area contributed by atoms with Gasteiger partial charge >= 0.3 is 0 Å². The first kappa shape index (κ1) is 14.4. The molecule has 0 bridgehead atoms.